The fourth-order valence-electron chi connectivity index (χ4n) is 3.93. The number of aliphatic hydroxyl groups is 1. The van der Waals surface area contributed by atoms with E-state index >= 15 is 0 Å². The molecule has 0 heterocycles. The Hall–Kier alpha value is -0.0800. The molecule has 0 saturated heterocycles. The van der Waals surface area contributed by atoms with Crippen LogP contribution in [-0.4, -0.2) is 23.8 Å². The molecular weight excluding hydrogens is 222 g/mol. The third-order valence-corrected chi connectivity index (χ3v) is 4.97. The minimum atomic E-state index is -0.189. The molecule has 0 aliphatic heterocycles. The van der Waals surface area contributed by atoms with E-state index in [0.29, 0.717) is 11.5 Å². The van der Waals surface area contributed by atoms with E-state index in [-0.39, 0.29) is 11.5 Å². The van der Waals surface area contributed by atoms with E-state index in [1.807, 2.05) is 0 Å². The summed E-state index contributed by atoms with van der Waals surface area (Å²) in [5.74, 6) is 0. The van der Waals surface area contributed by atoms with Crippen LogP contribution in [-0.2, 0) is 0 Å². The molecule has 2 unspecified atom stereocenters. The van der Waals surface area contributed by atoms with Crippen LogP contribution in [0, 0.1) is 10.8 Å². The zero-order chi connectivity index (χ0) is 13.2. The lowest BCUT2D eigenvalue weighted by molar-refractivity contribution is 0.0125. The van der Waals surface area contributed by atoms with Crippen LogP contribution >= 0.6 is 0 Å². The number of rotatable bonds is 4. The topological polar surface area (TPSA) is 32.3 Å². The van der Waals surface area contributed by atoms with Crippen LogP contribution in [0.1, 0.15) is 72.1 Å². The van der Waals surface area contributed by atoms with E-state index in [9.17, 15) is 5.11 Å². The summed E-state index contributed by atoms with van der Waals surface area (Å²) >= 11 is 0. The summed E-state index contributed by atoms with van der Waals surface area (Å²) in [6, 6.07) is 0.687. The number of aliphatic hydroxyl groups excluding tert-OH is 1. The van der Waals surface area contributed by atoms with Gasteiger partial charge in [0.05, 0.1) is 6.10 Å². The molecule has 0 aromatic carbocycles. The molecule has 2 rings (SSSR count). The fraction of sp³-hybridized carbons (Fsp3) is 1.00. The number of nitrogens with one attached hydrogen (secondary N) is 1. The molecule has 2 aliphatic carbocycles. The first-order valence-corrected chi connectivity index (χ1v) is 7.83. The van der Waals surface area contributed by atoms with Gasteiger partial charge in [-0.3, -0.25) is 0 Å². The van der Waals surface area contributed by atoms with Gasteiger partial charge in [0.15, 0.2) is 0 Å². The van der Waals surface area contributed by atoms with Crippen molar-refractivity contribution in [3.8, 4) is 0 Å². The summed E-state index contributed by atoms with van der Waals surface area (Å²) in [5.41, 5.74) is 0.836. The van der Waals surface area contributed by atoms with Crippen LogP contribution in [0.25, 0.3) is 0 Å². The van der Waals surface area contributed by atoms with Crippen molar-refractivity contribution in [3.05, 3.63) is 0 Å². The second-order valence-corrected chi connectivity index (χ2v) is 7.84. The predicted molar refractivity (Wildman–Crippen MR) is 76.6 cm³/mol. The van der Waals surface area contributed by atoms with Crippen molar-refractivity contribution < 1.29 is 5.11 Å². The largest absolute Gasteiger partial charge is 0.392 e. The minimum Gasteiger partial charge on any atom is -0.392 e. The SMILES string of the molecule is CC(C)(C)CC(O)CNC1CCC12CCCCC2. The van der Waals surface area contributed by atoms with Gasteiger partial charge in [-0.2, -0.15) is 0 Å². The van der Waals surface area contributed by atoms with Gasteiger partial charge in [0, 0.05) is 12.6 Å². The Morgan fingerprint density at radius 1 is 1.17 bits per heavy atom. The van der Waals surface area contributed by atoms with Crippen LogP contribution in [0.5, 0.6) is 0 Å². The maximum atomic E-state index is 10.1. The Bertz CT molecular complexity index is 263. The fourth-order valence-corrected chi connectivity index (χ4v) is 3.93. The van der Waals surface area contributed by atoms with Crippen molar-refractivity contribution in [1.82, 2.24) is 5.32 Å². The highest BCUT2D eigenvalue weighted by atomic mass is 16.3. The van der Waals surface area contributed by atoms with Gasteiger partial charge in [-0.05, 0) is 42.9 Å². The molecule has 2 N–H and O–H groups in total. The van der Waals surface area contributed by atoms with Crippen LogP contribution < -0.4 is 5.32 Å². The van der Waals surface area contributed by atoms with Crippen molar-refractivity contribution in [2.45, 2.75) is 84.3 Å². The van der Waals surface area contributed by atoms with Gasteiger partial charge >= 0.3 is 0 Å². The first kappa shape index (κ1) is 14.3. The van der Waals surface area contributed by atoms with Gasteiger partial charge in [-0.15, -0.1) is 0 Å². The Morgan fingerprint density at radius 3 is 2.33 bits per heavy atom. The molecule has 2 fully saturated rings. The second-order valence-electron chi connectivity index (χ2n) is 7.84. The quantitative estimate of drug-likeness (QED) is 0.804. The first-order chi connectivity index (χ1) is 8.41. The van der Waals surface area contributed by atoms with Gasteiger partial charge in [-0.25, -0.2) is 0 Å². The van der Waals surface area contributed by atoms with E-state index in [4.69, 9.17) is 0 Å². The smallest absolute Gasteiger partial charge is 0.0669 e. The van der Waals surface area contributed by atoms with Crippen molar-refractivity contribution in [3.63, 3.8) is 0 Å². The first-order valence-electron chi connectivity index (χ1n) is 7.83. The number of hydrogen-bond acceptors (Lipinski definition) is 2. The van der Waals surface area contributed by atoms with Crippen LogP contribution in [0.2, 0.25) is 0 Å². The van der Waals surface area contributed by atoms with E-state index in [2.05, 4.69) is 26.1 Å². The van der Waals surface area contributed by atoms with E-state index in [1.165, 1.54) is 44.9 Å². The standard InChI is InChI=1S/C16H31NO/c1-15(2,3)11-13(18)12-17-14-7-10-16(14)8-5-4-6-9-16/h13-14,17-18H,4-12H2,1-3H3. The molecule has 2 nitrogen and oxygen atoms in total. The summed E-state index contributed by atoms with van der Waals surface area (Å²) in [6.45, 7) is 7.37. The molecule has 106 valence electrons. The summed E-state index contributed by atoms with van der Waals surface area (Å²) in [7, 11) is 0. The Morgan fingerprint density at radius 2 is 1.83 bits per heavy atom. The maximum Gasteiger partial charge on any atom is 0.0669 e. The zero-order valence-corrected chi connectivity index (χ0v) is 12.5. The van der Waals surface area contributed by atoms with Crippen LogP contribution in [0.3, 0.4) is 0 Å². The van der Waals surface area contributed by atoms with E-state index in [1.54, 1.807) is 0 Å². The normalized spacial score (nSPS) is 29.0. The Labute approximate surface area is 113 Å². The van der Waals surface area contributed by atoms with Crippen molar-refractivity contribution >= 4 is 0 Å². The lowest BCUT2D eigenvalue weighted by atomic mass is 9.57. The monoisotopic (exact) mass is 253 g/mol. The van der Waals surface area contributed by atoms with Crippen LogP contribution in [0.15, 0.2) is 0 Å². The summed E-state index contributed by atoms with van der Waals surface area (Å²) in [4.78, 5) is 0. The predicted octanol–water partition coefficient (Wildman–Crippen LogP) is 3.49. The van der Waals surface area contributed by atoms with Gasteiger partial charge < -0.3 is 10.4 Å². The number of hydrogen-bond donors (Lipinski definition) is 2. The van der Waals surface area contributed by atoms with Crippen molar-refractivity contribution in [2.75, 3.05) is 6.54 Å². The van der Waals surface area contributed by atoms with E-state index in [0.717, 1.165) is 13.0 Å². The average Bonchev–Trinajstić information content (AvgIpc) is 2.26. The van der Waals surface area contributed by atoms with Gasteiger partial charge in [-0.1, -0.05) is 40.0 Å². The average molecular weight is 253 g/mol. The third-order valence-electron chi connectivity index (χ3n) is 4.97. The molecule has 0 amide bonds. The Balaban J connectivity index is 1.73. The minimum absolute atomic E-state index is 0.189. The molecular formula is C16H31NO. The summed E-state index contributed by atoms with van der Waals surface area (Å²) < 4.78 is 0. The van der Waals surface area contributed by atoms with Gasteiger partial charge in [0.2, 0.25) is 0 Å². The highest BCUT2D eigenvalue weighted by Gasteiger charge is 2.46. The molecule has 18 heavy (non-hydrogen) atoms. The third kappa shape index (κ3) is 3.48. The lowest BCUT2D eigenvalue weighted by Crippen LogP contribution is -2.55. The molecule has 0 radical (unpaired) electrons. The molecule has 2 aliphatic rings. The van der Waals surface area contributed by atoms with Crippen LogP contribution in [0.4, 0.5) is 0 Å². The van der Waals surface area contributed by atoms with Gasteiger partial charge in [0.25, 0.3) is 0 Å². The summed E-state index contributed by atoms with van der Waals surface area (Å²) in [6.07, 6.45) is 10.5. The molecule has 1 spiro atoms. The lowest BCUT2D eigenvalue weighted by Gasteiger charge is -2.53. The molecule has 2 heteroatoms. The van der Waals surface area contributed by atoms with Crippen molar-refractivity contribution in [1.29, 1.82) is 0 Å². The summed E-state index contributed by atoms with van der Waals surface area (Å²) in [5, 5.41) is 13.7. The molecule has 2 saturated carbocycles. The van der Waals surface area contributed by atoms with Crippen molar-refractivity contribution in [2.24, 2.45) is 10.8 Å². The molecule has 2 atom stereocenters. The van der Waals surface area contributed by atoms with E-state index < -0.39 is 0 Å². The highest BCUT2D eigenvalue weighted by molar-refractivity contribution is 5.01. The zero-order valence-electron chi connectivity index (χ0n) is 12.5. The second kappa shape index (κ2) is 5.50. The highest BCUT2D eigenvalue weighted by Crippen LogP contribution is 2.51. The Kier molecular flexibility index (Phi) is 4.38. The molecule has 0 bridgehead atoms. The van der Waals surface area contributed by atoms with Gasteiger partial charge in [0.1, 0.15) is 0 Å². The maximum absolute atomic E-state index is 10.1. The molecule has 0 aromatic rings. The molecule has 0 aromatic heterocycles.